The molecule has 2 aromatic rings. The quantitative estimate of drug-likeness (QED) is 0.733. The zero-order valence-corrected chi connectivity index (χ0v) is 8.95. The van der Waals surface area contributed by atoms with Crippen LogP contribution in [-0.4, -0.2) is 22.2 Å². The maximum absolute atomic E-state index is 5.64. The predicted octanol–water partition coefficient (Wildman–Crippen LogP) is 2.10. The topological polar surface area (TPSA) is 61.0 Å². The number of hydrogen-bond acceptors (Lipinski definition) is 5. The molecule has 2 rings (SSSR count). The minimum absolute atomic E-state index is 0.131. The van der Waals surface area contributed by atoms with Crippen molar-refractivity contribution >= 4 is 11.6 Å². The summed E-state index contributed by atoms with van der Waals surface area (Å²) in [4.78, 5) is 7.78. The van der Waals surface area contributed by atoms with E-state index >= 15 is 0 Å². The van der Waals surface area contributed by atoms with Crippen LogP contribution in [0.25, 0.3) is 11.3 Å². The van der Waals surface area contributed by atoms with Gasteiger partial charge in [-0.15, -0.1) is 0 Å². The lowest BCUT2D eigenvalue weighted by Gasteiger charge is -2.02. The third-order valence-electron chi connectivity index (χ3n) is 1.81. The summed E-state index contributed by atoms with van der Waals surface area (Å²) < 4.78 is 10.1. The van der Waals surface area contributed by atoms with Crippen LogP contribution in [0.3, 0.4) is 0 Å². The van der Waals surface area contributed by atoms with E-state index in [1.165, 1.54) is 13.3 Å². The number of hydrogen-bond donors (Lipinski definition) is 0. The molecule has 2 aromatic heterocycles. The van der Waals surface area contributed by atoms with E-state index in [9.17, 15) is 0 Å². The fourth-order valence-electron chi connectivity index (χ4n) is 1.16. The van der Waals surface area contributed by atoms with E-state index in [1.807, 2.05) is 6.92 Å². The van der Waals surface area contributed by atoms with Crippen molar-refractivity contribution in [3.8, 4) is 17.2 Å². The molecule has 0 bridgehead atoms. The van der Waals surface area contributed by atoms with Crippen LogP contribution < -0.4 is 4.74 Å². The van der Waals surface area contributed by atoms with E-state index in [-0.39, 0.29) is 5.28 Å². The molecule has 0 aromatic carbocycles. The van der Waals surface area contributed by atoms with E-state index in [2.05, 4.69) is 15.1 Å². The van der Waals surface area contributed by atoms with Crippen molar-refractivity contribution in [1.29, 1.82) is 0 Å². The van der Waals surface area contributed by atoms with Crippen LogP contribution in [0.4, 0.5) is 0 Å². The van der Waals surface area contributed by atoms with Gasteiger partial charge in [0, 0.05) is 12.3 Å². The number of aromatic nitrogens is 3. The fourth-order valence-corrected chi connectivity index (χ4v) is 1.29. The Morgan fingerprint density at radius 3 is 2.87 bits per heavy atom. The molecule has 5 nitrogen and oxygen atoms in total. The number of nitrogens with zero attached hydrogens (tertiary/aromatic N) is 3. The molecule has 78 valence electrons. The molecule has 2 heterocycles. The van der Waals surface area contributed by atoms with E-state index in [0.29, 0.717) is 17.2 Å². The Hall–Kier alpha value is -1.62. The number of methoxy groups -OCH3 is 1. The molecule has 0 fully saturated rings. The lowest BCUT2D eigenvalue weighted by atomic mass is 10.2. The van der Waals surface area contributed by atoms with Crippen LogP contribution in [0.1, 0.15) is 5.69 Å². The third kappa shape index (κ3) is 1.92. The smallest absolute Gasteiger partial charge is 0.228 e. The Morgan fingerprint density at radius 2 is 2.27 bits per heavy atom. The van der Waals surface area contributed by atoms with Crippen molar-refractivity contribution in [3.63, 3.8) is 0 Å². The highest BCUT2D eigenvalue weighted by atomic mass is 35.5. The average Bonchev–Trinajstić information content (AvgIpc) is 2.64. The molecule has 0 amide bonds. The molecular formula is C9H8ClN3O2. The van der Waals surface area contributed by atoms with Gasteiger partial charge in [0.05, 0.1) is 12.8 Å². The van der Waals surface area contributed by atoms with E-state index in [4.69, 9.17) is 20.9 Å². The van der Waals surface area contributed by atoms with Crippen molar-refractivity contribution in [2.24, 2.45) is 0 Å². The summed E-state index contributed by atoms with van der Waals surface area (Å²) >= 11 is 5.64. The van der Waals surface area contributed by atoms with Crippen molar-refractivity contribution in [3.05, 3.63) is 23.2 Å². The molecule has 6 heteroatoms. The van der Waals surface area contributed by atoms with Crippen molar-refractivity contribution in [2.75, 3.05) is 7.11 Å². The first-order valence-electron chi connectivity index (χ1n) is 4.21. The maximum atomic E-state index is 5.64. The lowest BCUT2D eigenvalue weighted by Crippen LogP contribution is -1.93. The van der Waals surface area contributed by atoms with Crippen molar-refractivity contribution in [1.82, 2.24) is 15.1 Å². The van der Waals surface area contributed by atoms with Crippen LogP contribution in [-0.2, 0) is 0 Å². The highest BCUT2D eigenvalue weighted by Gasteiger charge is 2.13. The Balaban J connectivity index is 2.52. The minimum Gasteiger partial charge on any atom is -0.480 e. The van der Waals surface area contributed by atoms with Crippen LogP contribution in [0, 0.1) is 6.92 Å². The summed E-state index contributed by atoms with van der Waals surface area (Å²) in [6.07, 6.45) is 1.54. The Bertz CT molecular complexity index is 484. The monoisotopic (exact) mass is 225 g/mol. The summed E-state index contributed by atoms with van der Waals surface area (Å²) in [5.74, 6) is 0.923. The molecule has 0 atom stereocenters. The molecule has 0 radical (unpaired) electrons. The normalized spacial score (nSPS) is 10.3. The molecule has 15 heavy (non-hydrogen) atoms. The van der Waals surface area contributed by atoms with Gasteiger partial charge in [-0.2, -0.15) is 4.98 Å². The SMILES string of the molecule is COc1nc(Cl)ncc1-c1cc(C)no1. The molecule has 0 saturated heterocycles. The van der Waals surface area contributed by atoms with Gasteiger partial charge >= 0.3 is 0 Å². The van der Waals surface area contributed by atoms with Gasteiger partial charge in [0.2, 0.25) is 11.2 Å². The molecule has 0 aliphatic rings. The highest BCUT2D eigenvalue weighted by molar-refractivity contribution is 6.28. The molecule has 0 saturated carbocycles. The standard InChI is InChI=1S/C9H8ClN3O2/c1-5-3-7(15-13-5)6-4-11-9(10)12-8(6)14-2/h3-4H,1-2H3. The van der Waals surface area contributed by atoms with Gasteiger partial charge in [0.15, 0.2) is 5.76 Å². The molecular weight excluding hydrogens is 218 g/mol. The van der Waals surface area contributed by atoms with E-state index in [0.717, 1.165) is 5.69 Å². The predicted molar refractivity (Wildman–Crippen MR) is 53.8 cm³/mol. The Morgan fingerprint density at radius 1 is 1.47 bits per heavy atom. The number of halogens is 1. The summed E-state index contributed by atoms with van der Waals surface area (Å²) in [6.45, 7) is 1.83. The first kappa shape index (κ1) is 9.92. The molecule has 0 spiro atoms. The fraction of sp³-hybridized carbons (Fsp3) is 0.222. The van der Waals surface area contributed by atoms with Crippen molar-refractivity contribution < 1.29 is 9.26 Å². The highest BCUT2D eigenvalue weighted by Crippen LogP contribution is 2.28. The maximum Gasteiger partial charge on any atom is 0.228 e. The van der Waals surface area contributed by atoms with Gasteiger partial charge in [-0.3, -0.25) is 0 Å². The summed E-state index contributed by atoms with van der Waals surface area (Å²) in [5.41, 5.74) is 1.41. The Kier molecular flexibility index (Phi) is 2.55. The largest absolute Gasteiger partial charge is 0.480 e. The van der Waals surface area contributed by atoms with Crippen LogP contribution >= 0.6 is 11.6 Å². The van der Waals surface area contributed by atoms with Crippen LogP contribution in [0.5, 0.6) is 5.88 Å². The average molecular weight is 226 g/mol. The van der Waals surface area contributed by atoms with E-state index < -0.39 is 0 Å². The minimum atomic E-state index is 0.131. The first-order valence-corrected chi connectivity index (χ1v) is 4.58. The number of rotatable bonds is 2. The van der Waals surface area contributed by atoms with Gasteiger partial charge in [-0.25, -0.2) is 4.98 Å². The van der Waals surface area contributed by atoms with E-state index in [1.54, 1.807) is 6.07 Å². The summed E-state index contributed by atoms with van der Waals surface area (Å²) in [7, 11) is 1.51. The van der Waals surface area contributed by atoms with Crippen LogP contribution in [0.2, 0.25) is 5.28 Å². The van der Waals surface area contributed by atoms with Gasteiger partial charge in [0.25, 0.3) is 0 Å². The third-order valence-corrected chi connectivity index (χ3v) is 1.99. The lowest BCUT2D eigenvalue weighted by molar-refractivity contribution is 0.390. The van der Waals surface area contributed by atoms with Gasteiger partial charge in [0.1, 0.15) is 5.56 Å². The zero-order valence-electron chi connectivity index (χ0n) is 8.19. The van der Waals surface area contributed by atoms with Gasteiger partial charge in [-0.1, -0.05) is 5.16 Å². The number of aryl methyl sites for hydroxylation is 1. The second-order valence-corrected chi connectivity index (χ2v) is 3.23. The van der Waals surface area contributed by atoms with Crippen molar-refractivity contribution in [2.45, 2.75) is 6.92 Å². The van der Waals surface area contributed by atoms with Gasteiger partial charge < -0.3 is 9.26 Å². The Labute approximate surface area is 91.0 Å². The summed E-state index contributed by atoms with van der Waals surface area (Å²) in [5, 5.41) is 3.90. The van der Waals surface area contributed by atoms with Gasteiger partial charge in [-0.05, 0) is 18.5 Å². The molecule has 0 aliphatic heterocycles. The number of ether oxygens (including phenoxy) is 1. The molecule has 0 aliphatic carbocycles. The zero-order chi connectivity index (χ0) is 10.8. The molecule has 0 unspecified atom stereocenters. The second kappa shape index (κ2) is 3.86. The van der Waals surface area contributed by atoms with Crippen LogP contribution in [0.15, 0.2) is 16.8 Å². The molecule has 0 N–H and O–H groups in total. The summed E-state index contributed by atoms with van der Waals surface area (Å²) in [6, 6.07) is 1.77. The second-order valence-electron chi connectivity index (χ2n) is 2.89. The first-order chi connectivity index (χ1) is 7.20.